The molecule has 0 amide bonds. The lowest BCUT2D eigenvalue weighted by atomic mass is 10.2. The van der Waals surface area contributed by atoms with E-state index in [-0.39, 0.29) is 17.1 Å². The van der Waals surface area contributed by atoms with Crippen LogP contribution in [0.25, 0.3) is 0 Å². The first kappa shape index (κ1) is 13.7. The number of nitrogens with one attached hydrogen (secondary N) is 1. The minimum absolute atomic E-state index is 0.0416. The first-order valence-corrected chi connectivity index (χ1v) is 6.14. The molecule has 7 nitrogen and oxygen atoms in total. The van der Waals surface area contributed by atoms with Crippen LogP contribution in [0.1, 0.15) is 12.5 Å². The number of nitrogens with zero attached hydrogens (tertiary/aromatic N) is 3. The van der Waals surface area contributed by atoms with Gasteiger partial charge in [-0.3, -0.25) is 14.9 Å². The number of nitro benzene ring substituents is 1. The van der Waals surface area contributed by atoms with Gasteiger partial charge in [0.1, 0.15) is 0 Å². The number of rotatable bonds is 5. The monoisotopic (exact) mass is 274 g/mol. The van der Waals surface area contributed by atoms with Crippen molar-refractivity contribution in [1.82, 2.24) is 9.55 Å². The second-order valence-corrected chi connectivity index (χ2v) is 4.14. The van der Waals surface area contributed by atoms with E-state index >= 15 is 0 Å². The summed E-state index contributed by atoms with van der Waals surface area (Å²) >= 11 is 0. The van der Waals surface area contributed by atoms with Crippen molar-refractivity contribution in [3.63, 3.8) is 0 Å². The number of benzene rings is 1. The molecule has 0 spiro atoms. The lowest BCUT2D eigenvalue weighted by Crippen LogP contribution is -2.23. The van der Waals surface area contributed by atoms with Gasteiger partial charge in [-0.2, -0.15) is 0 Å². The Labute approximate surface area is 115 Å². The molecule has 1 heterocycles. The van der Waals surface area contributed by atoms with Gasteiger partial charge in [-0.1, -0.05) is 12.1 Å². The smallest absolute Gasteiger partial charge is 0.293 e. The highest BCUT2D eigenvalue weighted by Gasteiger charge is 2.06. The maximum absolute atomic E-state index is 11.9. The molecule has 7 heteroatoms. The molecule has 20 heavy (non-hydrogen) atoms. The lowest BCUT2D eigenvalue weighted by Gasteiger charge is -2.07. The normalized spacial score (nSPS) is 10.2. The molecule has 0 atom stereocenters. The predicted molar refractivity (Wildman–Crippen MR) is 74.6 cm³/mol. The highest BCUT2D eigenvalue weighted by Crippen LogP contribution is 2.12. The van der Waals surface area contributed by atoms with Crippen molar-refractivity contribution >= 4 is 11.5 Å². The average molecular weight is 274 g/mol. The molecule has 0 saturated heterocycles. The zero-order valence-electron chi connectivity index (χ0n) is 10.9. The first-order chi connectivity index (χ1) is 9.61. The summed E-state index contributed by atoms with van der Waals surface area (Å²) in [7, 11) is 0. The molecule has 104 valence electrons. The summed E-state index contributed by atoms with van der Waals surface area (Å²) in [6.45, 7) is 2.84. The lowest BCUT2D eigenvalue weighted by molar-refractivity contribution is -0.384. The van der Waals surface area contributed by atoms with Gasteiger partial charge in [0, 0.05) is 37.6 Å². The Kier molecular flexibility index (Phi) is 4.09. The molecule has 2 rings (SSSR count). The number of aryl methyl sites for hydroxylation is 1. The van der Waals surface area contributed by atoms with Crippen molar-refractivity contribution in [1.29, 1.82) is 0 Å². The van der Waals surface area contributed by atoms with Gasteiger partial charge in [-0.15, -0.1) is 0 Å². The van der Waals surface area contributed by atoms with Crippen LogP contribution in [0.3, 0.4) is 0 Å². The molecule has 0 fully saturated rings. The number of nitro groups is 1. The number of non-ortho nitro benzene ring substituents is 1. The van der Waals surface area contributed by atoms with Gasteiger partial charge >= 0.3 is 0 Å². The van der Waals surface area contributed by atoms with Crippen LogP contribution in [0.4, 0.5) is 11.5 Å². The van der Waals surface area contributed by atoms with Crippen LogP contribution in [0, 0.1) is 10.1 Å². The highest BCUT2D eigenvalue weighted by molar-refractivity contribution is 5.36. The van der Waals surface area contributed by atoms with E-state index in [0.717, 1.165) is 5.56 Å². The van der Waals surface area contributed by atoms with E-state index < -0.39 is 4.92 Å². The predicted octanol–water partition coefficient (Wildman–Crippen LogP) is 1.78. The fourth-order valence-corrected chi connectivity index (χ4v) is 1.74. The quantitative estimate of drug-likeness (QED) is 0.663. The number of aromatic nitrogens is 2. The van der Waals surface area contributed by atoms with Gasteiger partial charge in [0.25, 0.3) is 11.2 Å². The zero-order chi connectivity index (χ0) is 14.5. The van der Waals surface area contributed by atoms with Gasteiger partial charge in [-0.25, -0.2) is 4.98 Å². The third kappa shape index (κ3) is 3.00. The fourth-order valence-electron chi connectivity index (χ4n) is 1.74. The van der Waals surface area contributed by atoms with Crippen molar-refractivity contribution in [2.24, 2.45) is 0 Å². The summed E-state index contributed by atoms with van der Waals surface area (Å²) in [5.74, 6) is 0.271. The van der Waals surface area contributed by atoms with E-state index in [2.05, 4.69) is 10.3 Å². The van der Waals surface area contributed by atoms with Gasteiger partial charge < -0.3 is 9.88 Å². The van der Waals surface area contributed by atoms with Gasteiger partial charge in [0.2, 0.25) is 0 Å². The fraction of sp³-hybridized carbons (Fsp3) is 0.231. The van der Waals surface area contributed by atoms with Crippen LogP contribution in [-0.2, 0) is 13.1 Å². The van der Waals surface area contributed by atoms with Crippen molar-refractivity contribution in [2.75, 3.05) is 5.32 Å². The van der Waals surface area contributed by atoms with Crippen LogP contribution < -0.4 is 10.9 Å². The van der Waals surface area contributed by atoms with Crippen molar-refractivity contribution < 1.29 is 4.92 Å². The second kappa shape index (κ2) is 5.96. The summed E-state index contributed by atoms with van der Waals surface area (Å²) in [6, 6.07) is 6.15. The van der Waals surface area contributed by atoms with E-state index in [4.69, 9.17) is 0 Å². The van der Waals surface area contributed by atoms with Crippen LogP contribution in [0.2, 0.25) is 0 Å². The molecule has 0 aliphatic carbocycles. The Morgan fingerprint density at radius 3 is 2.65 bits per heavy atom. The standard InChI is InChI=1S/C13H14N4O3/c1-2-16-8-7-14-12(13(16)18)15-9-10-3-5-11(6-4-10)17(19)20/h3-8H,2,9H2,1H3,(H,14,15). The molecule has 0 aliphatic rings. The molecule has 2 aromatic rings. The molecular formula is C13H14N4O3. The first-order valence-electron chi connectivity index (χ1n) is 6.14. The summed E-state index contributed by atoms with van der Waals surface area (Å²) < 4.78 is 1.55. The van der Waals surface area contributed by atoms with E-state index in [9.17, 15) is 14.9 Å². The topological polar surface area (TPSA) is 90.1 Å². The summed E-state index contributed by atoms with van der Waals surface area (Å²) in [5, 5.41) is 13.5. The summed E-state index contributed by atoms with van der Waals surface area (Å²) in [5.41, 5.74) is 0.695. The largest absolute Gasteiger partial charge is 0.361 e. The van der Waals surface area contributed by atoms with E-state index in [1.54, 1.807) is 29.1 Å². The van der Waals surface area contributed by atoms with Gasteiger partial charge in [0.05, 0.1) is 4.92 Å². The molecule has 0 bridgehead atoms. The maximum Gasteiger partial charge on any atom is 0.293 e. The minimum Gasteiger partial charge on any atom is -0.361 e. The zero-order valence-corrected chi connectivity index (χ0v) is 10.9. The Hall–Kier alpha value is -2.70. The van der Waals surface area contributed by atoms with E-state index in [1.165, 1.54) is 12.1 Å². The van der Waals surface area contributed by atoms with E-state index in [0.29, 0.717) is 13.1 Å². The van der Waals surface area contributed by atoms with Crippen molar-refractivity contribution in [2.45, 2.75) is 20.0 Å². The van der Waals surface area contributed by atoms with E-state index in [1.807, 2.05) is 6.92 Å². The van der Waals surface area contributed by atoms with Crippen LogP contribution in [0.15, 0.2) is 41.5 Å². The average Bonchev–Trinajstić information content (AvgIpc) is 2.46. The maximum atomic E-state index is 11.9. The molecule has 0 unspecified atom stereocenters. The minimum atomic E-state index is -0.449. The molecule has 0 saturated carbocycles. The molecule has 0 radical (unpaired) electrons. The molecule has 1 aromatic carbocycles. The second-order valence-electron chi connectivity index (χ2n) is 4.14. The summed E-state index contributed by atoms with van der Waals surface area (Å²) in [6.07, 6.45) is 3.18. The Balaban J connectivity index is 2.09. The van der Waals surface area contributed by atoms with Gasteiger partial charge in [0.15, 0.2) is 5.82 Å². The Bertz CT molecular complexity index is 664. The van der Waals surface area contributed by atoms with Crippen LogP contribution >= 0.6 is 0 Å². The summed E-state index contributed by atoms with van der Waals surface area (Å²) in [4.78, 5) is 26.0. The van der Waals surface area contributed by atoms with Crippen LogP contribution in [-0.4, -0.2) is 14.5 Å². The number of hydrogen-bond acceptors (Lipinski definition) is 5. The third-order valence-corrected chi connectivity index (χ3v) is 2.86. The molecule has 1 N–H and O–H groups in total. The molecule has 1 aromatic heterocycles. The number of anilines is 1. The van der Waals surface area contributed by atoms with Crippen molar-refractivity contribution in [3.8, 4) is 0 Å². The Morgan fingerprint density at radius 1 is 1.35 bits per heavy atom. The van der Waals surface area contributed by atoms with Gasteiger partial charge in [-0.05, 0) is 12.5 Å². The third-order valence-electron chi connectivity index (χ3n) is 2.86. The molecule has 0 aliphatic heterocycles. The highest BCUT2D eigenvalue weighted by atomic mass is 16.6. The number of hydrogen-bond donors (Lipinski definition) is 1. The van der Waals surface area contributed by atoms with Crippen molar-refractivity contribution in [3.05, 3.63) is 62.7 Å². The Morgan fingerprint density at radius 2 is 2.05 bits per heavy atom. The molecular weight excluding hydrogens is 260 g/mol. The van der Waals surface area contributed by atoms with Crippen LogP contribution in [0.5, 0.6) is 0 Å². The SMILES string of the molecule is CCn1ccnc(NCc2ccc([N+](=O)[O-])cc2)c1=O.